The Bertz CT molecular complexity index is 1580. The van der Waals surface area contributed by atoms with Crippen molar-refractivity contribution in [1.82, 2.24) is 19.9 Å². The number of rotatable bonds is 6. The fraction of sp³-hybridized carbons (Fsp3) is 0.111. The molecule has 0 aliphatic carbocycles. The van der Waals surface area contributed by atoms with E-state index in [1.165, 1.54) is 7.11 Å². The Morgan fingerprint density at radius 1 is 0.972 bits per heavy atom. The van der Waals surface area contributed by atoms with Crippen LogP contribution in [0.4, 0.5) is 10.6 Å². The smallest absolute Gasteiger partial charge is 0.326 e. The van der Waals surface area contributed by atoms with Crippen LogP contribution in [0.5, 0.6) is 17.2 Å². The molecule has 0 bridgehead atoms. The summed E-state index contributed by atoms with van der Waals surface area (Å²) in [5.41, 5.74) is 1.70. The summed E-state index contributed by atoms with van der Waals surface area (Å²) in [4.78, 5) is 33.9. The Balaban J connectivity index is 1.49. The van der Waals surface area contributed by atoms with E-state index in [4.69, 9.17) is 9.47 Å². The Labute approximate surface area is 206 Å². The van der Waals surface area contributed by atoms with Gasteiger partial charge in [-0.25, -0.2) is 9.78 Å². The molecule has 0 fully saturated rings. The van der Waals surface area contributed by atoms with Crippen molar-refractivity contribution in [2.24, 2.45) is 0 Å². The molecule has 5 rings (SSSR count). The molecule has 0 saturated heterocycles. The summed E-state index contributed by atoms with van der Waals surface area (Å²) in [6.07, 6.45) is 4.96. The highest BCUT2D eigenvalue weighted by Gasteiger charge is 2.17. The molecule has 2 amide bonds. The third-order valence-electron chi connectivity index (χ3n) is 5.61. The number of benzene rings is 2. The molecule has 36 heavy (non-hydrogen) atoms. The molecule has 0 aliphatic heterocycles. The highest BCUT2D eigenvalue weighted by Crippen LogP contribution is 2.34. The van der Waals surface area contributed by atoms with E-state index >= 15 is 0 Å². The van der Waals surface area contributed by atoms with Crippen LogP contribution in [-0.4, -0.2) is 40.1 Å². The summed E-state index contributed by atoms with van der Waals surface area (Å²) in [5, 5.41) is 7.07. The molecule has 0 spiro atoms. The van der Waals surface area contributed by atoms with Crippen molar-refractivity contribution in [3.63, 3.8) is 0 Å². The number of ether oxygens (including phenoxy) is 2. The van der Waals surface area contributed by atoms with Crippen LogP contribution in [0.25, 0.3) is 21.8 Å². The molecule has 0 saturated carbocycles. The Hall–Kier alpha value is -4.92. The van der Waals surface area contributed by atoms with Crippen LogP contribution in [-0.2, 0) is 0 Å². The van der Waals surface area contributed by atoms with Gasteiger partial charge in [0.2, 0.25) is 0 Å². The van der Waals surface area contributed by atoms with Crippen LogP contribution in [0.1, 0.15) is 17.3 Å². The molecule has 0 unspecified atom stereocenters. The number of carbonyl (C=O) groups excluding carboxylic acids is 2. The minimum absolute atomic E-state index is 0.188. The lowest BCUT2D eigenvalue weighted by molar-refractivity contribution is 0.102. The average molecular weight is 482 g/mol. The van der Waals surface area contributed by atoms with Gasteiger partial charge in [-0.3, -0.25) is 14.3 Å². The first-order valence-corrected chi connectivity index (χ1v) is 11.3. The number of nitrogens with one attached hydrogen (secondary N) is 2. The molecule has 2 N–H and O–H groups in total. The van der Waals surface area contributed by atoms with Gasteiger partial charge >= 0.3 is 6.03 Å². The zero-order chi connectivity index (χ0) is 25.1. The van der Waals surface area contributed by atoms with Crippen LogP contribution >= 0.6 is 0 Å². The largest absolute Gasteiger partial charge is 0.496 e. The number of anilines is 1. The van der Waals surface area contributed by atoms with Gasteiger partial charge in [0.25, 0.3) is 5.91 Å². The molecule has 5 aromatic rings. The molecule has 3 heterocycles. The minimum atomic E-state index is -0.365. The number of hydrogen-bond donors (Lipinski definition) is 2. The van der Waals surface area contributed by atoms with E-state index in [9.17, 15) is 9.59 Å². The van der Waals surface area contributed by atoms with Gasteiger partial charge in [0, 0.05) is 42.0 Å². The molecule has 180 valence electrons. The molecule has 9 heteroatoms. The van der Waals surface area contributed by atoms with Crippen LogP contribution in [0.15, 0.2) is 79.3 Å². The van der Waals surface area contributed by atoms with E-state index < -0.39 is 0 Å². The van der Waals surface area contributed by atoms with Crippen molar-refractivity contribution < 1.29 is 19.1 Å². The predicted molar refractivity (Wildman–Crippen MR) is 137 cm³/mol. The molecule has 3 aromatic heterocycles. The monoisotopic (exact) mass is 481 g/mol. The van der Waals surface area contributed by atoms with E-state index in [2.05, 4.69) is 20.6 Å². The van der Waals surface area contributed by atoms with Gasteiger partial charge in [0.1, 0.15) is 23.1 Å². The second-order valence-electron chi connectivity index (χ2n) is 7.89. The summed E-state index contributed by atoms with van der Waals surface area (Å²) < 4.78 is 13.2. The van der Waals surface area contributed by atoms with E-state index in [0.717, 1.165) is 10.9 Å². The van der Waals surface area contributed by atoms with Crippen LogP contribution < -0.4 is 20.1 Å². The SMILES string of the molecule is CCNC(=O)n1ccc2cc(Oc3ccnc4cc(OC)c(C(=O)Nc5ccccn5)cc34)ccc21. The maximum atomic E-state index is 13.0. The summed E-state index contributed by atoms with van der Waals surface area (Å²) in [5.74, 6) is 1.56. The van der Waals surface area contributed by atoms with Crippen LogP contribution in [0, 0.1) is 0 Å². The second kappa shape index (κ2) is 9.75. The fourth-order valence-electron chi connectivity index (χ4n) is 3.93. The number of hydrogen-bond acceptors (Lipinski definition) is 6. The molecule has 9 nitrogen and oxygen atoms in total. The number of aromatic nitrogens is 3. The number of amides is 2. The first kappa shape index (κ1) is 22.9. The lowest BCUT2D eigenvalue weighted by Crippen LogP contribution is -2.27. The summed E-state index contributed by atoms with van der Waals surface area (Å²) in [6.45, 7) is 2.42. The van der Waals surface area contributed by atoms with Gasteiger partial charge in [0.05, 0.1) is 23.7 Å². The fourth-order valence-corrected chi connectivity index (χ4v) is 3.93. The molecule has 2 aromatic carbocycles. The topological polar surface area (TPSA) is 107 Å². The number of methoxy groups -OCH3 is 1. The second-order valence-corrected chi connectivity index (χ2v) is 7.89. The zero-order valence-electron chi connectivity index (χ0n) is 19.7. The quantitative estimate of drug-likeness (QED) is 0.345. The third kappa shape index (κ3) is 4.41. The number of pyridine rings is 2. The molecular formula is C27H23N5O4. The van der Waals surface area contributed by atoms with E-state index in [1.807, 2.05) is 25.1 Å². The maximum absolute atomic E-state index is 13.0. The Morgan fingerprint density at radius 2 is 1.86 bits per heavy atom. The lowest BCUT2D eigenvalue weighted by atomic mass is 10.1. The van der Waals surface area contributed by atoms with E-state index in [-0.39, 0.29) is 11.9 Å². The number of nitrogens with zero attached hydrogens (tertiary/aromatic N) is 3. The lowest BCUT2D eigenvalue weighted by Gasteiger charge is -2.13. The van der Waals surface area contributed by atoms with Gasteiger partial charge < -0.3 is 20.1 Å². The first-order valence-electron chi connectivity index (χ1n) is 11.3. The zero-order valence-corrected chi connectivity index (χ0v) is 19.7. The van der Waals surface area contributed by atoms with Crippen molar-refractivity contribution in [3.05, 3.63) is 84.8 Å². The van der Waals surface area contributed by atoms with Crippen LogP contribution in [0.3, 0.4) is 0 Å². The third-order valence-corrected chi connectivity index (χ3v) is 5.61. The van der Waals surface area contributed by atoms with Crippen LogP contribution in [0.2, 0.25) is 0 Å². The maximum Gasteiger partial charge on any atom is 0.326 e. The van der Waals surface area contributed by atoms with Crippen molar-refractivity contribution in [3.8, 4) is 17.2 Å². The molecule has 0 aliphatic rings. The van der Waals surface area contributed by atoms with E-state index in [0.29, 0.717) is 46.1 Å². The predicted octanol–water partition coefficient (Wildman–Crippen LogP) is 5.22. The molecular weight excluding hydrogens is 458 g/mol. The van der Waals surface area contributed by atoms with Gasteiger partial charge in [-0.1, -0.05) is 6.07 Å². The highest BCUT2D eigenvalue weighted by atomic mass is 16.5. The number of carbonyl (C=O) groups is 2. The summed E-state index contributed by atoms with van der Waals surface area (Å²) in [7, 11) is 1.50. The average Bonchev–Trinajstić information content (AvgIpc) is 3.32. The van der Waals surface area contributed by atoms with Crippen molar-refractivity contribution >= 4 is 39.6 Å². The standard InChI is InChI=1S/C27H23N5O4/c1-3-28-27(34)32-13-10-17-14-18(7-8-22(17)32)36-23-9-12-29-21-16-24(35-2)20(15-19(21)23)26(33)31-25-6-4-5-11-30-25/h4-16H,3H2,1-2H3,(H,28,34)(H,30,31,33). The summed E-state index contributed by atoms with van der Waals surface area (Å²) >= 11 is 0. The first-order chi connectivity index (χ1) is 17.6. The summed E-state index contributed by atoms with van der Waals surface area (Å²) in [6, 6.07) is 17.5. The van der Waals surface area contributed by atoms with Gasteiger partial charge in [-0.2, -0.15) is 0 Å². The Morgan fingerprint density at radius 3 is 2.64 bits per heavy atom. The van der Waals surface area contributed by atoms with E-state index in [1.54, 1.807) is 65.6 Å². The number of fused-ring (bicyclic) bond motifs is 2. The normalized spacial score (nSPS) is 10.8. The van der Waals surface area contributed by atoms with Gasteiger partial charge in [-0.15, -0.1) is 0 Å². The highest BCUT2D eigenvalue weighted by molar-refractivity contribution is 6.08. The van der Waals surface area contributed by atoms with Gasteiger partial charge in [-0.05, 0) is 55.5 Å². The minimum Gasteiger partial charge on any atom is -0.496 e. The molecule has 0 radical (unpaired) electrons. The Kier molecular flexibility index (Phi) is 6.19. The van der Waals surface area contributed by atoms with Gasteiger partial charge in [0.15, 0.2) is 0 Å². The molecule has 0 atom stereocenters. The van der Waals surface area contributed by atoms with Crippen molar-refractivity contribution in [2.45, 2.75) is 6.92 Å². The van der Waals surface area contributed by atoms with Crippen molar-refractivity contribution in [1.29, 1.82) is 0 Å². The van der Waals surface area contributed by atoms with Crippen molar-refractivity contribution in [2.75, 3.05) is 19.0 Å².